The summed E-state index contributed by atoms with van der Waals surface area (Å²) in [7, 11) is 0. The molecule has 0 aliphatic rings. The standard InChI is InChI=1S/C25H29NO3/c1-5-27-25(28-6-2)17-29-20-14-15-24(26-16-20)23-13-9-12-22(19(23)4)21-11-8-7-10-18(21)3/h7-16,25H,5-6,17H2,1-4H3. The number of aromatic nitrogens is 1. The van der Waals surface area contributed by atoms with Crippen LogP contribution in [0.3, 0.4) is 0 Å². The Balaban J connectivity index is 1.78. The molecule has 0 bridgehead atoms. The molecular weight excluding hydrogens is 362 g/mol. The van der Waals surface area contributed by atoms with Crippen LogP contribution in [0, 0.1) is 13.8 Å². The summed E-state index contributed by atoms with van der Waals surface area (Å²) in [4.78, 5) is 4.63. The number of hydrogen-bond donors (Lipinski definition) is 0. The van der Waals surface area contributed by atoms with Crippen molar-refractivity contribution in [3.63, 3.8) is 0 Å². The fourth-order valence-electron chi connectivity index (χ4n) is 3.39. The molecule has 4 heteroatoms. The van der Waals surface area contributed by atoms with Crippen LogP contribution in [0.4, 0.5) is 0 Å². The van der Waals surface area contributed by atoms with Crippen molar-refractivity contribution in [2.24, 2.45) is 0 Å². The highest BCUT2D eigenvalue weighted by molar-refractivity contribution is 5.78. The molecule has 2 aromatic carbocycles. The Morgan fingerprint density at radius 1 is 0.793 bits per heavy atom. The number of nitrogens with zero attached hydrogens (tertiary/aromatic N) is 1. The summed E-state index contributed by atoms with van der Waals surface area (Å²) < 4.78 is 16.8. The molecule has 0 aliphatic carbocycles. The van der Waals surface area contributed by atoms with Gasteiger partial charge >= 0.3 is 0 Å². The Labute approximate surface area is 173 Å². The third kappa shape index (κ3) is 5.22. The van der Waals surface area contributed by atoms with E-state index in [1.165, 1.54) is 22.3 Å². The Morgan fingerprint density at radius 3 is 2.14 bits per heavy atom. The number of ether oxygens (including phenoxy) is 3. The van der Waals surface area contributed by atoms with Gasteiger partial charge in [0, 0.05) is 18.8 Å². The lowest BCUT2D eigenvalue weighted by Gasteiger charge is -2.17. The van der Waals surface area contributed by atoms with E-state index in [9.17, 15) is 0 Å². The lowest BCUT2D eigenvalue weighted by Crippen LogP contribution is -2.25. The van der Waals surface area contributed by atoms with Crippen molar-refractivity contribution in [2.75, 3.05) is 19.8 Å². The van der Waals surface area contributed by atoms with Gasteiger partial charge in [-0.05, 0) is 62.1 Å². The van der Waals surface area contributed by atoms with E-state index in [2.05, 4.69) is 61.3 Å². The van der Waals surface area contributed by atoms with Crippen LogP contribution in [0.2, 0.25) is 0 Å². The molecule has 0 amide bonds. The Morgan fingerprint density at radius 2 is 1.48 bits per heavy atom. The zero-order valence-corrected chi connectivity index (χ0v) is 17.6. The van der Waals surface area contributed by atoms with Crippen LogP contribution in [0.1, 0.15) is 25.0 Å². The van der Waals surface area contributed by atoms with Crippen molar-refractivity contribution in [3.8, 4) is 28.1 Å². The van der Waals surface area contributed by atoms with Crippen molar-refractivity contribution in [2.45, 2.75) is 34.0 Å². The third-order valence-corrected chi connectivity index (χ3v) is 4.87. The zero-order valence-electron chi connectivity index (χ0n) is 17.6. The van der Waals surface area contributed by atoms with E-state index in [0.29, 0.717) is 25.6 Å². The normalized spacial score (nSPS) is 11.1. The van der Waals surface area contributed by atoms with Gasteiger partial charge in [0.25, 0.3) is 0 Å². The van der Waals surface area contributed by atoms with Gasteiger partial charge in [-0.15, -0.1) is 0 Å². The molecule has 0 N–H and O–H groups in total. The summed E-state index contributed by atoms with van der Waals surface area (Å²) in [5, 5.41) is 0. The van der Waals surface area contributed by atoms with Crippen LogP contribution >= 0.6 is 0 Å². The molecule has 4 nitrogen and oxygen atoms in total. The van der Waals surface area contributed by atoms with Crippen LogP contribution < -0.4 is 4.74 Å². The average Bonchev–Trinajstić information content (AvgIpc) is 2.74. The van der Waals surface area contributed by atoms with Gasteiger partial charge in [-0.25, -0.2) is 0 Å². The second-order valence-electron chi connectivity index (χ2n) is 6.82. The monoisotopic (exact) mass is 391 g/mol. The van der Waals surface area contributed by atoms with Crippen molar-refractivity contribution in [1.29, 1.82) is 0 Å². The van der Waals surface area contributed by atoms with Gasteiger partial charge in [0.05, 0.1) is 11.9 Å². The van der Waals surface area contributed by atoms with Crippen LogP contribution in [-0.4, -0.2) is 31.1 Å². The molecule has 1 heterocycles. The van der Waals surface area contributed by atoms with Gasteiger partial charge < -0.3 is 14.2 Å². The lowest BCUT2D eigenvalue weighted by molar-refractivity contribution is -0.152. The van der Waals surface area contributed by atoms with Crippen LogP contribution in [-0.2, 0) is 9.47 Å². The largest absolute Gasteiger partial charge is 0.487 e. The molecule has 0 spiro atoms. The fraction of sp³-hybridized carbons (Fsp3) is 0.320. The third-order valence-electron chi connectivity index (χ3n) is 4.87. The maximum absolute atomic E-state index is 5.79. The number of pyridine rings is 1. The van der Waals surface area contributed by atoms with Gasteiger partial charge in [-0.1, -0.05) is 42.5 Å². The van der Waals surface area contributed by atoms with E-state index in [4.69, 9.17) is 14.2 Å². The topological polar surface area (TPSA) is 40.6 Å². The molecule has 29 heavy (non-hydrogen) atoms. The van der Waals surface area contributed by atoms with Crippen LogP contribution in [0.25, 0.3) is 22.4 Å². The highest BCUT2D eigenvalue weighted by atomic mass is 16.7. The highest BCUT2D eigenvalue weighted by Gasteiger charge is 2.12. The van der Waals surface area contributed by atoms with Crippen LogP contribution in [0.15, 0.2) is 60.8 Å². The lowest BCUT2D eigenvalue weighted by atomic mass is 9.92. The molecule has 3 rings (SSSR count). The summed E-state index contributed by atoms with van der Waals surface area (Å²) in [6.07, 6.45) is 1.39. The minimum absolute atomic E-state index is 0.338. The predicted octanol–water partition coefficient (Wildman–Crippen LogP) is 5.81. The summed E-state index contributed by atoms with van der Waals surface area (Å²) in [5.41, 5.74) is 7.03. The second-order valence-corrected chi connectivity index (χ2v) is 6.82. The van der Waals surface area contributed by atoms with Crippen molar-refractivity contribution in [3.05, 3.63) is 71.9 Å². The van der Waals surface area contributed by atoms with Gasteiger partial charge in [-0.3, -0.25) is 4.98 Å². The van der Waals surface area contributed by atoms with Gasteiger partial charge in [0.1, 0.15) is 12.4 Å². The number of aryl methyl sites for hydroxylation is 1. The van der Waals surface area contributed by atoms with E-state index in [1.807, 2.05) is 26.0 Å². The summed E-state index contributed by atoms with van der Waals surface area (Å²) in [5.74, 6) is 0.700. The molecule has 0 fully saturated rings. The fourth-order valence-corrected chi connectivity index (χ4v) is 3.39. The molecule has 0 saturated carbocycles. The van der Waals surface area contributed by atoms with Crippen molar-refractivity contribution < 1.29 is 14.2 Å². The van der Waals surface area contributed by atoms with Crippen molar-refractivity contribution >= 4 is 0 Å². The first kappa shape index (κ1) is 21.0. The maximum atomic E-state index is 5.79. The number of hydrogen-bond acceptors (Lipinski definition) is 4. The smallest absolute Gasteiger partial charge is 0.191 e. The Bertz CT molecular complexity index is 916. The van der Waals surface area contributed by atoms with Crippen molar-refractivity contribution in [1.82, 2.24) is 4.98 Å². The second kappa shape index (κ2) is 10.2. The minimum Gasteiger partial charge on any atom is -0.487 e. The summed E-state index contributed by atoms with van der Waals surface area (Å²) in [6, 6.07) is 18.8. The van der Waals surface area contributed by atoms with E-state index in [-0.39, 0.29) is 6.29 Å². The van der Waals surface area contributed by atoms with Crippen LogP contribution in [0.5, 0.6) is 5.75 Å². The highest BCUT2D eigenvalue weighted by Crippen LogP contribution is 2.32. The minimum atomic E-state index is -0.363. The van der Waals surface area contributed by atoms with E-state index >= 15 is 0 Å². The van der Waals surface area contributed by atoms with E-state index in [1.54, 1.807) is 6.20 Å². The molecule has 0 unspecified atom stereocenters. The van der Waals surface area contributed by atoms with Gasteiger partial charge in [0.15, 0.2) is 6.29 Å². The molecule has 0 atom stereocenters. The zero-order chi connectivity index (χ0) is 20.6. The Hall–Kier alpha value is -2.69. The molecular formula is C25H29NO3. The molecule has 0 aliphatic heterocycles. The average molecular weight is 392 g/mol. The maximum Gasteiger partial charge on any atom is 0.191 e. The number of rotatable bonds is 9. The first-order valence-corrected chi connectivity index (χ1v) is 10.1. The van der Waals surface area contributed by atoms with Gasteiger partial charge in [0.2, 0.25) is 0 Å². The quantitative estimate of drug-likeness (QED) is 0.432. The first-order chi connectivity index (χ1) is 14.1. The summed E-state index contributed by atoms with van der Waals surface area (Å²) in [6.45, 7) is 9.68. The molecule has 0 saturated heterocycles. The van der Waals surface area contributed by atoms with E-state index in [0.717, 1.165) is 11.3 Å². The molecule has 0 radical (unpaired) electrons. The predicted molar refractivity (Wildman–Crippen MR) is 117 cm³/mol. The SMILES string of the molecule is CCOC(COc1ccc(-c2cccc(-c3ccccc3C)c2C)nc1)OCC. The number of benzene rings is 2. The van der Waals surface area contributed by atoms with E-state index < -0.39 is 0 Å². The summed E-state index contributed by atoms with van der Waals surface area (Å²) >= 11 is 0. The Kier molecular flexibility index (Phi) is 7.39. The molecule has 152 valence electrons. The first-order valence-electron chi connectivity index (χ1n) is 10.1. The molecule has 1 aromatic heterocycles. The molecule has 3 aromatic rings. The van der Waals surface area contributed by atoms with Gasteiger partial charge in [-0.2, -0.15) is 0 Å².